The Balaban J connectivity index is 1.87. The van der Waals surface area contributed by atoms with Crippen LogP contribution < -0.4 is 0 Å². The van der Waals surface area contributed by atoms with Crippen LogP contribution in [0.2, 0.25) is 0 Å². The van der Waals surface area contributed by atoms with Crippen LogP contribution in [0.3, 0.4) is 0 Å². The van der Waals surface area contributed by atoms with Crippen molar-refractivity contribution in [3.05, 3.63) is 42.6 Å². The minimum absolute atomic E-state index is 0.0581. The van der Waals surface area contributed by atoms with Crippen LogP contribution in [0.4, 0.5) is 0 Å². The molecule has 1 aliphatic rings. The van der Waals surface area contributed by atoms with Crippen LogP contribution in [-0.2, 0) is 0 Å². The smallest absolute Gasteiger partial charge is 0.257 e. The van der Waals surface area contributed by atoms with Crippen LogP contribution in [0.5, 0.6) is 0 Å². The van der Waals surface area contributed by atoms with Crippen molar-refractivity contribution < 1.29 is 4.79 Å². The molecule has 6 heteroatoms. The normalized spacial score (nSPS) is 18.7. The summed E-state index contributed by atoms with van der Waals surface area (Å²) < 4.78 is 1.78. The second-order valence-electron chi connectivity index (χ2n) is 5.75. The highest BCUT2D eigenvalue weighted by molar-refractivity contribution is 8.00. The number of hydrogen-bond donors (Lipinski definition) is 0. The predicted octanol–water partition coefficient (Wildman–Crippen LogP) is 2.48. The van der Waals surface area contributed by atoms with E-state index in [4.69, 9.17) is 0 Å². The fourth-order valence-electron chi connectivity index (χ4n) is 2.59. The molecule has 0 saturated carbocycles. The summed E-state index contributed by atoms with van der Waals surface area (Å²) in [5.41, 5.74) is 0.634. The average molecular weight is 316 g/mol. The van der Waals surface area contributed by atoms with E-state index in [0.29, 0.717) is 22.5 Å². The van der Waals surface area contributed by atoms with Crippen molar-refractivity contribution in [1.29, 1.82) is 0 Å². The molecule has 2 aromatic heterocycles. The summed E-state index contributed by atoms with van der Waals surface area (Å²) in [6.07, 6.45) is 6.87. The van der Waals surface area contributed by atoms with Gasteiger partial charge < -0.3 is 4.90 Å². The highest BCUT2D eigenvalue weighted by atomic mass is 32.2. The van der Waals surface area contributed by atoms with E-state index in [1.54, 1.807) is 23.3 Å². The van der Waals surface area contributed by atoms with Gasteiger partial charge in [-0.2, -0.15) is 11.8 Å². The molecule has 0 aromatic carbocycles. The Bertz CT molecular complexity index is 641. The largest absolute Gasteiger partial charge is 0.337 e. The number of carbonyl (C=O) groups excluding carboxylic acids is 1. The molecular formula is C16H20N4OS. The summed E-state index contributed by atoms with van der Waals surface area (Å²) in [5, 5.41) is 0.506. The van der Waals surface area contributed by atoms with Crippen LogP contribution in [0, 0.1) is 5.92 Å². The fourth-order valence-corrected chi connectivity index (χ4v) is 3.89. The predicted molar refractivity (Wildman–Crippen MR) is 88.3 cm³/mol. The maximum absolute atomic E-state index is 12.9. The standard InChI is InChI=1S/C16H20N4OS/c1-12(2)14-10-19(8-9-22-14)16(21)13-4-3-5-18-15(13)20-7-6-17-11-20/h3-7,11-12,14H,8-10H2,1-2H3/t14-/m1/s1. The van der Waals surface area contributed by atoms with E-state index < -0.39 is 0 Å². The molecule has 3 rings (SSSR count). The average Bonchev–Trinajstić information content (AvgIpc) is 3.08. The van der Waals surface area contributed by atoms with Gasteiger partial charge >= 0.3 is 0 Å². The number of nitrogens with zero attached hydrogens (tertiary/aromatic N) is 4. The summed E-state index contributed by atoms with van der Waals surface area (Å²) in [7, 11) is 0. The van der Waals surface area contributed by atoms with Gasteiger partial charge in [0, 0.05) is 42.7 Å². The molecule has 2 aromatic rings. The van der Waals surface area contributed by atoms with E-state index >= 15 is 0 Å². The van der Waals surface area contributed by atoms with E-state index in [9.17, 15) is 4.79 Å². The molecule has 1 aliphatic heterocycles. The molecule has 0 aliphatic carbocycles. The van der Waals surface area contributed by atoms with Crippen molar-refractivity contribution in [3.63, 3.8) is 0 Å². The van der Waals surface area contributed by atoms with E-state index in [-0.39, 0.29) is 5.91 Å². The molecule has 0 bridgehead atoms. The maximum Gasteiger partial charge on any atom is 0.257 e. The van der Waals surface area contributed by atoms with Gasteiger partial charge in [-0.15, -0.1) is 0 Å². The number of rotatable bonds is 3. The van der Waals surface area contributed by atoms with Gasteiger partial charge in [0.2, 0.25) is 0 Å². The second-order valence-corrected chi connectivity index (χ2v) is 7.10. The molecule has 1 amide bonds. The summed E-state index contributed by atoms with van der Waals surface area (Å²) in [4.78, 5) is 23.3. The van der Waals surface area contributed by atoms with Crippen molar-refractivity contribution in [1.82, 2.24) is 19.4 Å². The monoisotopic (exact) mass is 316 g/mol. The summed E-state index contributed by atoms with van der Waals surface area (Å²) in [5.74, 6) is 2.27. The molecule has 0 spiro atoms. The van der Waals surface area contributed by atoms with Crippen LogP contribution >= 0.6 is 11.8 Å². The Kier molecular flexibility index (Phi) is 4.47. The van der Waals surface area contributed by atoms with Gasteiger partial charge in [0.15, 0.2) is 5.82 Å². The molecule has 0 unspecified atom stereocenters. The Hall–Kier alpha value is -1.82. The lowest BCUT2D eigenvalue weighted by Gasteiger charge is -2.34. The van der Waals surface area contributed by atoms with Crippen molar-refractivity contribution in [2.24, 2.45) is 5.92 Å². The Morgan fingerprint density at radius 2 is 2.27 bits per heavy atom. The van der Waals surface area contributed by atoms with Gasteiger partial charge in [0.05, 0.1) is 5.56 Å². The van der Waals surface area contributed by atoms with Gasteiger partial charge in [0.1, 0.15) is 6.33 Å². The topological polar surface area (TPSA) is 51.0 Å². The van der Waals surface area contributed by atoms with Crippen molar-refractivity contribution >= 4 is 17.7 Å². The number of aromatic nitrogens is 3. The van der Waals surface area contributed by atoms with Crippen molar-refractivity contribution in [2.75, 3.05) is 18.8 Å². The number of carbonyl (C=O) groups is 1. The zero-order valence-corrected chi connectivity index (χ0v) is 13.7. The van der Waals surface area contributed by atoms with Gasteiger partial charge in [-0.05, 0) is 18.1 Å². The summed E-state index contributed by atoms with van der Waals surface area (Å²) >= 11 is 1.96. The first-order chi connectivity index (χ1) is 10.7. The minimum Gasteiger partial charge on any atom is -0.337 e. The number of hydrogen-bond acceptors (Lipinski definition) is 4. The number of imidazole rings is 1. The lowest BCUT2D eigenvalue weighted by atomic mass is 10.1. The lowest BCUT2D eigenvalue weighted by Crippen LogP contribution is -2.43. The minimum atomic E-state index is 0.0581. The maximum atomic E-state index is 12.9. The highest BCUT2D eigenvalue weighted by Crippen LogP contribution is 2.26. The molecule has 1 saturated heterocycles. The molecule has 0 radical (unpaired) electrons. The highest BCUT2D eigenvalue weighted by Gasteiger charge is 2.28. The molecule has 3 heterocycles. The third-order valence-corrected chi connectivity index (χ3v) is 5.43. The fraction of sp³-hybridized carbons (Fsp3) is 0.438. The van der Waals surface area contributed by atoms with Gasteiger partial charge in [-0.3, -0.25) is 9.36 Å². The quantitative estimate of drug-likeness (QED) is 0.873. The van der Waals surface area contributed by atoms with E-state index in [1.165, 1.54) is 0 Å². The van der Waals surface area contributed by atoms with Crippen LogP contribution in [0.15, 0.2) is 37.1 Å². The first-order valence-electron chi connectivity index (χ1n) is 7.51. The SMILES string of the molecule is CC(C)[C@H]1CN(C(=O)c2cccnc2-n2ccnc2)CCS1. The second kappa shape index (κ2) is 6.52. The molecular weight excluding hydrogens is 296 g/mol. The van der Waals surface area contributed by atoms with Crippen molar-refractivity contribution in [3.8, 4) is 5.82 Å². The van der Waals surface area contributed by atoms with Crippen molar-refractivity contribution in [2.45, 2.75) is 19.1 Å². The first kappa shape index (κ1) is 15.1. The number of thioether (sulfide) groups is 1. The molecule has 0 N–H and O–H groups in total. The van der Waals surface area contributed by atoms with Gasteiger partial charge in [-0.1, -0.05) is 13.8 Å². The molecule has 1 fully saturated rings. The first-order valence-corrected chi connectivity index (χ1v) is 8.56. The molecule has 1 atom stereocenters. The number of pyridine rings is 1. The Labute approximate surface area is 134 Å². The van der Waals surface area contributed by atoms with Crippen LogP contribution in [0.1, 0.15) is 24.2 Å². The van der Waals surface area contributed by atoms with E-state index in [1.807, 2.05) is 35.0 Å². The molecule has 5 nitrogen and oxygen atoms in total. The molecule has 22 heavy (non-hydrogen) atoms. The molecule has 116 valence electrons. The zero-order chi connectivity index (χ0) is 15.5. The Morgan fingerprint density at radius 1 is 1.41 bits per heavy atom. The zero-order valence-electron chi connectivity index (χ0n) is 12.8. The Morgan fingerprint density at radius 3 is 3.00 bits per heavy atom. The third-order valence-electron chi connectivity index (χ3n) is 3.89. The summed E-state index contributed by atoms with van der Waals surface area (Å²) in [6.45, 7) is 6.03. The van der Waals surface area contributed by atoms with Crippen LogP contribution in [0.25, 0.3) is 5.82 Å². The summed E-state index contributed by atoms with van der Waals surface area (Å²) in [6, 6.07) is 3.66. The van der Waals surface area contributed by atoms with Gasteiger partial charge in [0.25, 0.3) is 5.91 Å². The van der Waals surface area contributed by atoms with Gasteiger partial charge in [-0.25, -0.2) is 9.97 Å². The third kappa shape index (κ3) is 3.02. The van der Waals surface area contributed by atoms with E-state index in [0.717, 1.165) is 18.8 Å². The number of amides is 1. The van der Waals surface area contributed by atoms with Crippen LogP contribution in [-0.4, -0.2) is 49.4 Å². The van der Waals surface area contributed by atoms with E-state index in [2.05, 4.69) is 23.8 Å². The lowest BCUT2D eigenvalue weighted by molar-refractivity contribution is 0.0755.